The minimum Gasteiger partial charge on any atom is -0.489 e. The standard InChI is InChI=1S/C21H21F3N2O3/c1-13(29-18-6-4-16(5-7-18)21(22,23)24)12-26-20(28)15-8-9-25-17(10-15)11-19(27)14-2-3-14/h4-10,13-14H,2-3,11-12H2,1H3,(H,26,28). The van der Waals surface area contributed by atoms with Gasteiger partial charge in [0.2, 0.25) is 0 Å². The molecule has 8 heteroatoms. The molecule has 1 fully saturated rings. The molecule has 1 N–H and O–H groups in total. The number of halogens is 3. The molecule has 0 aliphatic heterocycles. The van der Waals surface area contributed by atoms with Crippen molar-refractivity contribution in [3.8, 4) is 5.75 Å². The molecule has 1 saturated carbocycles. The Kier molecular flexibility index (Phi) is 6.20. The predicted molar refractivity (Wildman–Crippen MR) is 99.5 cm³/mol. The second-order valence-electron chi connectivity index (χ2n) is 7.11. The van der Waals surface area contributed by atoms with Crippen molar-refractivity contribution >= 4 is 11.7 Å². The third kappa shape index (κ3) is 6.04. The lowest BCUT2D eigenvalue weighted by Gasteiger charge is -2.16. The Morgan fingerprint density at radius 1 is 1.21 bits per heavy atom. The summed E-state index contributed by atoms with van der Waals surface area (Å²) in [6.07, 6.45) is -1.28. The molecule has 3 rings (SSSR count). The highest BCUT2D eigenvalue weighted by Crippen LogP contribution is 2.31. The number of alkyl halides is 3. The predicted octanol–water partition coefficient (Wildman–Crippen LogP) is 3.82. The van der Waals surface area contributed by atoms with Crippen molar-refractivity contribution in [2.75, 3.05) is 6.54 Å². The van der Waals surface area contributed by atoms with E-state index in [0.29, 0.717) is 11.3 Å². The van der Waals surface area contributed by atoms with Gasteiger partial charge in [0.05, 0.1) is 12.1 Å². The molecule has 0 spiro atoms. The molecular weight excluding hydrogens is 385 g/mol. The number of nitrogens with zero attached hydrogens (tertiary/aromatic N) is 1. The van der Waals surface area contributed by atoms with E-state index in [1.807, 2.05) is 0 Å². The summed E-state index contributed by atoms with van der Waals surface area (Å²) in [6.45, 7) is 1.86. The van der Waals surface area contributed by atoms with Gasteiger partial charge in [-0.15, -0.1) is 0 Å². The lowest BCUT2D eigenvalue weighted by atomic mass is 10.1. The number of hydrogen-bond donors (Lipinski definition) is 1. The highest BCUT2D eigenvalue weighted by atomic mass is 19.4. The van der Waals surface area contributed by atoms with Crippen LogP contribution in [0.25, 0.3) is 0 Å². The van der Waals surface area contributed by atoms with Crippen molar-refractivity contribution in [1.82, 2.24) is 10.3 Å². The van der Waals surface area contributed by atoms with Crippen molar-refractivity contribution < 1.29 is 27.5 Å². The van der Waals surface area contributed by atoms with E-state index in [2.05, 4.69) is 10.3 Å². The Labute approximate surface area is 166 Å². The first kappa shape index (κ1) is 20.8. The quantitative estimate of drug-likeness (QED) is 0.724. The number of Topliss-reactive ketones (excluding diaryl/α,β-unsaturated/α-hetero) is 1. The van der Waals surface area contributed by atoms with Crippen LogP contribution in [0, 0.1) is 5.92 Å². The number of rotatable bonds is 8. The molecule has 0 bridgehead atoms. The van der Waals surface area contributed by atoms with E-state index in [-0.39, 0.29) is 36.3 Å². The first-order valence-electron chi connectivity index (χ1n) is 9.32. The van der Waals surface area contributed by atoms with Crippen molar-refractivity contribution in [1.29, 1.82) is 0 Å². The maximum absolute atomic E-state index is 12.6. The van der Waals surface area contributed by atoms with Gasteiger partial charge in [0.25, 0.3) is 5.91 Å². The van der Waals surface area contributed by atoms with Crippen LogP contribution in [0.15, 0.2) is 42.6 Å². The number of benzene rings is 1. The number of ketones is 1. The summed E-state index contributed by atoms with van der Waals surface area (Å²) in [5.74, 6) is 0.228. The highest BCUT2D eigenvalue weighted by molar-refractivity contribution is 5.94. The zero-order valence-corrected chi connectivity index (χ0v) is 15.8. The third-order valence-electron chi connectivity index (χ3n) is 4.54. The lowest BCUT2D eigenvalue weighted by Crippen LogP contribution is -2.33. The summed E-state index contributed by atoms with van der Waals surface area (Å²) >= 11 is 0. The number of carbonyl (C=O) groups excluding carboxylic acids is 2. The molecule has 1 atom stereocenters. The molecule has 1 heterocycles. The summed E-state index contributed by atoms with van der Waals surface area (Å²) < 4.78 is 43.3. The van der Waals surface area contributed by atoms with Crippen molar-refractivity contribution in [2.45, 2.75) is 38.5 Å². The Hall–Kier alpha value is -2.90. The molecule has 1 aromatic heterocycles. The summed E-state index contributed by atoms with van der Waals surface area (Å²) in [5, 5.41) is 2.71. The number of carbonyl (C=O) groups is 2. The zero-order valence-electron chi connectivity index (χ0n) is 15.8. The van der Waals surface area contributed by atoms with Gasteiger partial charge in [0, 0.05) is 29.8 Å². The minimum atomic E-state index is -4.40. The molecular formula is C21H21F3N2O3. The van der Waals surface area contributed by atoms with Crippen LogP contribution in [-0.4, -0.2) is 29.3 Å². The Morgan fingerprint density at radius 2 is 1.90 bits per heavy atom. The second kappa shape index (κ2) is 8.63. The largest absolute Gasteiger partial charge is 0.489 e. The summed E-state index contributed by atoms with van der Waals surface area (Å²) in [7, 11) is 0. The van der Waals surface area contributed by atoms with Gasteiger partial charge in [-0.2, -0.15) is 13.2 Å². The van der Waals surface area contributed by atoms with Crippen LogP contribution in [0.2, 0.25) is 0 Å². The Morgan fingerprint density at radius 3 is 2.52 bits per heavy atom. The molecule has 1 aromatic carbocycles. The van der Waals surface area contributed by atoms with Gasteiger partial charge >= 0.3 is 6.18 Å². The summed E-state index contributed by atoms with van der Waals surface area (Å²) in [4.78, 5) is 28.4. The van der Waals surface area contributed by atoms with Crippen LogP contribution in [0.1, 0.15) is 41.4 Å². The number of amides is 1. The second-order valence-corrected chi connectivity index (χ2v) is 7.11. The van der Waals surface area contributed by atoms with Crippen molar-refractivity contribution in [2.24, 2.45) is 5.92 Å². The molecule has 1 aliphatic carbocycles. The molecule has 0 radical (unpaired) electrons. The Balaban J connectivity index is 1.50. The maximum Gasteiger partial charge on any atom is 0.416 e. The molecule has 0 saturated heterocycles. The maximum atomic E-state index is 12.6. The van der Waals surface area contributed by atoms with E-state index in [1.165, 1.54) is 18.3 Å². The molecule has 1 amide bonds. The van der Waals surface area contributed by atoms with Crippen LogP contribution in [-0.2, 0) is 17.4 Å². The van der Waals surface area contributed by atoms with E-state index in [0.717, 1.165) is 25.0 Å². The topological polar surface area (TPSA) is 68.3 Å². The van der Waals surface area contributed by atoms with Gasteiger partial charge in [-0.25, -0.2) is 0 Å². The zero-order chi connectivity index (χ0) is 21.0. The lowest BCUT2D eigenvalue weighted by molar-refractivity contribution is -0.137. The van der Waals surface area contributed by atoms with Crippen LogP contribution in [0.3, 0.4) is 0 Å². The average molecular weight is 406 g/mol. The normalized spacial score (nSPS) is 14.9. The molecule has 1 aliphatic rings. The molecule has 5 nitrogen and oxygen atoms in total. The van der Waals surface area contributed by atoms with E-state index in [9.17, 15) is 22.8 Å². The van der Waals surface area contributed by atoms with Gasteiger partial charge in [-0.05, 0) is 56.2 Å². The number of nitrogens with one attached hydrogen (secondary N) is 1. The van der Waals surface area contributed by atoms with Crippen molar-refractivity contribution in [3.05, 3.63) is 59.4 Å². The third-order valence-corrected chi connectivity index (χ3v) is 4.54. The summed E-state index contributed by atoms with van der Waals surface area (Å²) in [5.41, 5.74) is 0.198. The number of hydrogen-bond acceptors (Lipinski definition) is 4. The smallest absolute Gasteiger partial charge is 0.416 e. The first-order chi connectivity index (χ1) is 13.7. The van der Waals surface area contributed by atoms with Crippen LogP contribution < -0.4 is 10.1 Å². The highest BCUT2D eigenvalue weighted by Gasteiger charge is 2.30. The van der Waals surface area contributed by atoms with Gasteiger partial charge in [0.15, 0.2) is 0 Å². The van der Waals surface area contributed by atoms with Crippen LogP contribution >= 0.6 is 0 Å². The van der Waals surface area contributed by atoms with Crippen molar-refractivity contribution in [3.63, 3.8) is 0 Å². The van der Waals surface area contributed by atoms with Gasteiger partial charge in [0.1, 0.15) is 17.6 Å². The van der Waals surface area contributed by atoms with Crippen LogP contribution in [0.5, 0.6) is 5.75 Å². The van der Waals surface area contributed by atoms with Gasteiger partial charge < -0.3 is 10.1 Å². The fraction of sp³-hybridized carbons (Fsp3) is 0.381. The van der Waals surface area contributed by atoms with E-state index in [4.69, 9.17) is 4.74 Å². The average Bonchev–Trinajstić information content (AvgIpc) is 3.51. The number of aromatic nitrogens is 1. The fourth-order valence-electron chi connectivity index (χ4n) is 2.78. The molecule has 29 heavy (non-hydrogen) atoms. The van der Waals surface area contributed by atoms with E-state index < -0.39 is 17.8 Å². The first-order valence-corrected chi connectivity index (χ1v) is 9.32. The molecule has 154 valence electrons. The molecule has 1 unspecified atom stereocenters. The van der Waals surface area contributed by atoms with E-state index in [1.54, 1.807) is 19.1 Å². The SMILES string of the molecule is CC(CNC(=O)c1ccnc(CC(=O)C2CC2)c1)Oc1ccc(C(F)(F)F)cc1. The minimum absolute atomic E-state index is 0.137. The van der Waals surface area contributed by atoms with E-state index >= 15 is 0 Å². The number of ether oxygens (including phenoxy) is 1. The Bertz CT molecular complexity index is 877. The molecule has 2 aromatic rings. The summed E-state index contributed by atoms with van der Waals surface area (Å²) in [6, 6.07) is 7.53. The van der Waals surface area contributed by atoms with Crippen LogP contribution in [0.4, 0.5) is 13.2 Å². The van der Waals surface area contributed by atoms with Gasteiger partial charge in [-0.3, -0.25) is 14.6 Å². The van der Waals surface area contributed by atoms with Gasteiger partial charge in [-0.1, -0.05) is 0 Å². The number of pyridine rings is 1. The monoisotopic (exact) mass is 406 g/mol. The fourth-order valence-corrected chi connectivity index (χ4v) is 2.78.